The van der Waals surface area contributed by atoms with Gasteiger partial charge in [-0.25, -0.2) is 5.01 Å². The highest BCUT2D eigenvalue weighted by Crippen LogP contribution is 2.52. The Bertz CT molecular complexity index is 1300. The van der Waals surface area contributed by atoms with Crippen LogP contribution in [0.15, 0.2) is 54.6 Å². The van der Waals surface area contributed by atoms with Crippen LogP contribution in [0.5, 0.6) is 0 Å². The number of rotatable bonds is 6. The molecule has 1 heterocycles. The van der Waals surface area contributed by atoms with Gasteiger partial charge in [-0.15, -0.1) is 0 Å². The van der Waals surface area contributed by atoms with Gasteiger partial charge in [0.15, 0.2) is 5.78 Å². The second kappa shape index (κ2) is 8.58. The Labute approximate surface area is 209 Å². The van der Waals surface area contributed by atoms with Gasteiger partial charge < -0.3 is 0 Å². The lowest BCUT2D eigenvalue weighted by atomic mass is 9.85. The zero-order valence-electron chi connectivity index (χ0n) is 18.0. The Morgan fingerprint density at radius 1 is 0.943 bits per heavy atom. The third-order valence-corrected chi connectivity index (χ3v) is 7.52. The normalized spacial score (nSPS) is 24.1. The van der Waals surface area contributed by atoms with Crippen molar-refractivity contribution in [2.24, 2.45) is 23.7 Å². The van der Waals surface area contributed by atoms with Crippen molar-refractivity contribution in [3.05, 3.63) is 85.9 Å². The van der Waals surface area contributed by atoms with E-state index in [0.29, 0.717) is 6.42 Å². The minimum Gasteiger partial charge on any atom is -0.292 e. The molecule has 2 aliphatic carbocycles. The van der Waals surface area contributed by atoms with E-state index in [2.05, 4.69) is 0 Å². The number of nitrogens with zero attached hydrogens (tertiary/aromatic N) is 3. The molecule has 178 valence electrons. The smallest absolute Gasteiger partial charge is 0.273 e. The lowest BCUT2D eigenvalue weighted by molar-refractivity contribution is -0.384. The maximum Gasteiger partial charge on any atom is 0.273 e. The molecule has 2 fully saturated rings. The third-order valence-electron chi connectivity index (χ3n) is 6.78. The third kappa shape index (κ3) is 3.81. The van der Waals surface area contributed by atoms with E-state index in [-0.39, 0.29) is 38.7 Å². The van der Waals surface area contributed by atoms with Crippen LogP contribution in [-0.2, 0) is 9.59 Å². The van der Waals surface area contributed by atoms with E-state index in [9.17, 15) is 29.3 Å². The van der Waals surface area contributed by atoms with Gasteiger partial charge in [0.25, 0.3) is 23.4 Å². The maximum absolute atomic E-state index is 13.5. The average Bonchev–Trinajstić information content (AvgIpc) is 3.53. The minimum absolute atomic E-state index is 0.0367. The number of non-ortho nitro benzene ring substituents is 1. The van der Waals surface area contributed by atoms with Crippen molar-refractivity contribution < 1.29 is 24.1 Å². The molecule has 2 aromatic carbocycles. The van der Waals surface area contributed by atoms with Crippen molar-refractivity contribution in [3.63, 3.8) is 0 Å². The number of imide groups is 1. The molecular weight excluding hydrogens is 497 g/mol. The number of fused-ring (bicyclic) bond motifs is 5. The van der Waals surface area contributed by atoms with Crippen molar-refractivity contribution >= 4 is 52.4 Å². The van der Waals surface area contributed by atoms with Gasteiger partial charge in [0.1, 0.15) is 6.54 Å². The van der Waals surface area contributed by atoms with Crippen LogP contribution < -0.4 is 0 Å². The van der Waals surface area contributed by atoms with E-state index < -0.39 is 46.8 Å². The summed E-state index contributed by atoms with van der Waals surface area (Å²) in [5, 5.41) is 12.8. The van der Waals surface area contributed by atoms with E-state index in [1.165, 1.54) is 30.3 Å². The van der Waals surface area contributed by atoms with Crippen LogP contribution in [0.2, 0.25) is 10.0 Å². The number of amides is 3. The molecule has 1 saturated heterocycles. The van der Waals surface area contributed by atoms with Gasteiger partial charge in [0.2, 0.25) is 0 Å². The summed E-state index contributed by atoms with van der Waals surface area (Å²) in [7, 11) is 0. The van der Waals surface area contributed by atoms with Crippen molar-refractivity contribution in [1.29, 1.82) is 0 Å². The number of ketones is 1. The van der Waals surface area contributed by atoms with Crippen LogP contribution in [0.1, 0.15) is 27.1 Å². The number of halogens is 2. The maximum atomic E-state index is 13.5. The van der Waals surface area contributed by atoms with Crippen LogP contribution in [0, 0.1) is 33.8 Å². The SMILES string of the molecule is O=C(CN(C(=O)c1ccc(Cl)c(Cl)c1)N1C(=O)[C@H]2[C@H](C1=O)[C@H]1C=C[C@H]2C1)c1ccc([N+](=O)[O-])cc1. The summed E-state index contributed by atoms with van der Waals surface area (Å²) in [6, 6.07) is 8.93. The number of Topliss-reactive ketones (excluding diaryl/α,β-unsaturated/α-hetero) is 1. The van der Waals surface area contributed by atoms with E-state index in [4.69, 9.17) is 23.2 Å². The van der Waals surface area contributed by atoms with Gasteiger partial charge in [-0.05, 0) is 48.6 Å². The molecule has 3 amide bonds. The molecular formula is C24H17Cl2N3O6. The Hall–Kier alpha value is -3.56. The predicted molar refractivity (Wildman–Crippen MR) is 124 cm³/mol. The van der Waals surface area contributed by atoms with Gasteiger partial charge in [-0.1, -0.05) is 35.4 Å². The van der Waals surface area contributed by atoms with Gasteiger partial charge in [0.05, 0.1) is 26.8 Å². The largest absolute Gasteiger partial charge is 0.292 e. The highest BCUT2D eigenvalue weighted by atomic mass is 35.5. The molecule has 0 radical (unpaired) electrons. The summed E-state index contributed by atoms with van der Waals surface area (Å²) < 4.78 is 0. The molecule has 0 unspecified atom stereocenters. The molecule has 1 saturated carbocycles. The quantitative estimate of drug-likeness (QED) is 0.189. The fraction of sp³-hybridized carbons (Fsp3) is 0.250. The number of carbonyl (C=O) groups excluding carboxylic acids is 4. The molecule has 5 rings (SSSR count). The number of allylic oxidation sites excluding steroid dienone is 2. The van der Waals surface area contributed by atoms with E-state index in [0.717, 1.165) is 22.2 Å². The molecule has 4 atom stereocenters. The van der Waals surface area contributed by atoms with Gasteiger partial charge >= 0.3 is 0 Å². The highest BCUT2D eigenvalue weighted by Gasteiger charge is 2.61. The monoisotopic (exact) mass is 513 g/mol. The number of carbonyl (C=O) groups is 4. The number of hydrazine groups is 1. The number of hydrogen-bond donors (Lipinski definition) is 0. The molecule has 3 aliphatic rings. The van der Waals surface area contributed by atoms with Crippen LogP contribution in [0.25, 0.3) is 0 Å². The second-order valence-electron chi connectivity index (χ2n) is 8.71. The van der Waals surface area contributed by atoms with Crippen LogP contribution in [-0.4, -0.2) is 45.0 Å². The Kier molecular flexibility index (Phi) is 5.69. The Morgan fingerprint density at radius 2 is 1.51 bits per heavy atom. The molecule has 2 aromatic rings. The summed E-state index contributed by atoms with van der Waals surface area (Å²) in [6.45, 7) is -0.628. The Balaban J connectivity index is 1.49. The fourth-order valence-corrected chi connectivity index (χ4v) is 5.43. The Morgan fingerprint density at radius 3 is 2.06 bits per heavy atom. The summed E-state index contributed by atoms with van der Waals surface area (Å²) >= 11 is 12.0. The van der Waals surface area contributed by atoms with Gasteiger partial charge in [0, 0.05) is 23.3 Å². The van der Waals surface area contributed by atoms with Crippen LogP contribution in [0.4, 0.5) is 5.69 Å². The zero-order valence-corrected chi connectivity index (χ0v) is 19.5. The summed E-state index contributed by atoms with van der Waals surface area (Å²) in [4.78, 5) is 63.6. The summed E-state index contributed by atoms with van der Waals surface area (Å²) in [5.74, 6) is -3.75. The average molecular weight is 514 g/mol. The first-order valence-corrected chi connectivity index (χ1v) is 11.5. The van der Waals surface area contributed by atoms with Gasteiger partial charge in [-0.2, -0.15) is 5.01 Å². The molecule has 11 heteroatoms. The topological polar surface area (TPSA) is 118 Å². The molecule has 0 spiro atoms. The van der Waals surface area contributed by atoms with Crippen molar-refractivity contribution in [2.75, 3.05) is 6.54 Å². The van der Waals surface area contributed by atoms with Gasteiger partial charge in [-0.3, -0.25) is 29.3 Å². The molecule has 1 aliphatic heterocycles. The number of nitro groups is 1. The zero-order chi connectivity index (χ0) is 25.0. The highest BCUT2D eigenvalue weighted by molar-refractivity contribution is 6.42. The van der Waals surface area contributed by atoms with Crippen molar-refractivity contribution in [1.82, 2.24) is 10.0 Å². The van der Waals surface area contributed by atoms with E-state index in [1.54, 1.807) is 0 Å². The minimum atomic E-state index is -0.777. The second-order valence-corrected chi connectivity index (χ2v) is 9.52. The molecule has 0 aromatic heterocycles. The first kappa shape index (κ1) is 23.2. The molecule has 35 heavy (non-hydrogen) atoms. The molecule has 9 nitrogen and oxygen atoms in total. The molecule has 0 N–H and O–H groups in total. The lowest BCUT2D eigenvalue weighted by Crippen LogP contribution is -2.52. The standard InChI is InChI=1S/C24H17Cl2N3O6/c25-17-8-5-15(10-18(17)26)22(31)27(11-19(30)12-3-6-16(7-4-12)29(34)35)28-23(32)20-13-1-2-14(9-13)21(20)24(28)33/h1-8,10,13-14,20-21H,9,11H2/t13-,14-,20+,21+/m0/s1. The number of hydrogen-bond acceptors (Lipinski definition) is 6. The van der Waals surface area contributed by atoms with E-state index >= 15 is 0 Å². The van der Waals surface area contributed by atoms with E-state index in [1.807, 2.05) is 12.2 Å². The van der Waals surface area contributed by atoms with Crippen LogP contribution >= 0.6 is 23.2 Å². The first-order valence-electron chi connectivity index (χ1n) is 10.8. The molecule has 2 bridgehead atoms. The van der Waals surface area contributed by atoms with Crippen molar-refractivity contribution in [3.8, 4) is 0 Å². The summed E-state index contributed by atoms with van der Waals surface area (Å²) in [5.41, 5.74) is -0.0794. The van der Waals surface area contributed by atoms with Crippen molar-refractivity contribution in [2.45, 2.75) is 6.42 Å². The number of benzene rings is 2. The first-order chi connectivity index (χ1) is 16.7. The fourth-order valence-electron chi connectivity index (χ4n) is 5.13. The van der Waals surface area contributed by atoms with Crippen LogP contribution in [0.3, 0.4) is 0 Å². The number of nitro benzene ring substituents is 1. The lowest BCUT2D eigenvalue weighted by Gasteiger charge is -2.31. The predicted octanol–water partition coefficient (Wildman–Crippen LogP) is 3.95. The summed E-state index contributed by atoms with van der Waals surface area (Å²) in [6.07, 6.45) is 4.56.